The molecule has 8 nitrogen and oxygen atoms in total. The van der Waals surface area contributed by atoms with Gasteiger partial charge in [-0.2, -0.15) is 0 Å². The minimum Gasteiger partial charge on any atom is -0.497 e. The Balaban J connectivity index is 2.17. The molecule has 25 heavy (non-hydrogen) atoms. The summed E-state index contributed by atoms with van der Waals surface area (Å²) in [5.74, 6) is -0.908. The van der Waals surface area contributed by atoms with Crippen molar-refractivity contribution >= 4 is 17.6 Å². The van der Waals surface area contributed by atoms with Gasteiger partial charge in [0.25, 0.3) is 5.69 Å². The van der Waals surface area contributed by atoms with Gasteiger partial charge in [-0.05, 0) is 23.8 Å². The van der Waals surface area contributed by atoms with Crippen molar-refractivity contribution < 1.29 is 28.7 Å². The van der Waals surface area contributed by atoms with E-state index in [2.05, 4.69) is 4.74 Å². The lowest BCUT2D eigenvalue weighted by atomic mass is 10.1. The summed E-state index contributed by atoms with van der Waals surface area (Å²) in [6.07, 6.45) is 0. The van der Waals surface area contributed by atoms with Crippen molar-refractivity contribution in [3.63, 3.8) is 0 Å². The topological polar surface area (TPSA) is 105 Å². The van der Waals surface area contributed by atoms with E-state index in [9.17, 15) is 19.7 Å². The van der Waals surface area contributed by atoms with Crippen LogP contribution in [0.3, 0.4) is 0 Å². The molecule has 0 heterocycles. The van der Waals surface area contributed by atoms with Crippen molar-refractivity contribution in [3.8, 4) is 5.75 Å². The van der Waals surface area contributed by atoms with Crippen LogP contribution in [-0.4, -0.2) is 31.1 Å². The molecule has 0 aliphatic carbocycles. The molecule has 0 spiro atoms. The zero-order chi connectivity index (χ0) is 18.4. The number of esters is 2. The molecule has 2 aromatic carbocycles. The van der Waals surface area contributed by atoms with Crippen molar-refractivity contribution in [2.45, 2.75) is 6.61 Å². The van der Waals surface area contributed by atoms with Crippen LogP contribution in [0.4, 0.5) is 5.69 Å². The summed E-state index contributed by atoms with van der Waals surface area (Å²) in [6.45, 7) is -0.0287. The fraction of sp³-hybridized carbons (Fsp3) is 0.176. The second-order valence-electron chi connectivity index (χ2n) is 4.94. The van der Waals surface area contributed by atoms with Crippen LogP contribution in [-0.2, 0) is 16.1 Å². The van der Waals surface area contributed by atoms with Gasteiger partial charge in [-0.25, -0.2) is 9.59 Å². The molecule has 0 N–H and O–H groups in total. The molecule has 130 valence electrons. The van der Waals surface area contributed by atoms with E-state index in [1.807, 2.05) is 0 Å². The zero-order valence-electron chi connectivity index (χ0n) is 13.6. The minimum atomic E-state index is -0.787. The molecule has 0 fully saturated rings. The number of benzene rings is 2. The van der Waals surface area contributed by atoms with E-state index in [-0.39, 0.29) is 17.7 Å². The van der Waals surface area contributed by atoms with Crippen LogP contribution in [0.2, 0.25) is 0 Å². The third-order valence-corrected chi connectivity index (χ3v) is 3.31. The summed E-state index contributed by atoms with van der Waals surface area (Å²) in [4.78, 5) is 34.0. The Morgan fingerprint density at radius 2 is 1.60 bits per heavy atom. The lowest BCUT2D eigenvalue weighted by Crippen LogP contribution is -2.09. The van der Waals surface area contributed by atoms with E-state index in [0.29, 0.717) is 11.3 Å². The van der Waals surface area contributed by atoms with Crippen LogP contribution in [0.5, 0.6) is 5.75 Å². The van der Waals surface area contributed by atoms with Gasteiger partial charge in [-0.3, -0.25) is 10.1 Å². The number of nitro groups is 1. The van der Waals surface area contributed by atoms with Gasteiger partial charge in [-0.15, -0.1) is 0 Å². The van der Waals surface area contributed by atoms with Crippen LogP contribution in [0.15, 0.2) is 42.5 Å². The number of carbonyl (C=O) groups is 2. The van der Waals surface area contributed by atoms with Crippen molar-refractivity contribution in [3.05, 3.63) is 69.3 Å². The maximum Gasteiger partial charge on any atom is 0.338 e. The van der Waals surface area contributed by atoms with Gasteiger partial charge in [0.05, 0.1) is 30.3 Å². The molecule has 0 bridgehead atoms. The number of ether oxygens (including phenoxy) is 3. The van der Waals surface area contributed by atoms with Crippen LogP contribution >= 0.6 is 0 Å². The molecule has 0 saturated carbocycles. The maximum atomic E-state index is 12.2. The van der Waals surface area contributed by atoms with E-state index in [1.165, 1.54) is 13.2 Å². The van der Waals surface area contributed by atoms with E-state index in [0.717, 1.165) is 19.2 Å². The van der Waals surface area contributed by atoms with Gasteiger partial charge < -0.3 is 14.2 Å². The molecule has 0 aliphatic heterocycles. The fourth-order valence-corrected chi connectivity index (χ4v) is 2.02. The zero-order valence-corrected chi connectivity index (χ0v) is 13.6. The van der Waals surface area contributed by atoms with Crippen molar-refractivity contribution in [2.24, 2.45) is 0 Å². The van der Waals surface area contributed by atoms with Gasteiger partial charge in [0.1, 0.15) is 12.4 Å². The Morgan fingerprint density at radius 3 is 2.12 bits per heavy atom. The summed E-state index contributed by atoms with van der Waals surface area (Å²) < 4.78 is 14.7. The first kappa shape index (κ1) is 17.9. The highest BCUT2D eigenvalue weighted by Crippen LogP contribution is 2.19. The number of nitro benzene ring substituents is 1. The van der Waals surface area contributed by atoms with Crippen LogP contribution in [0, 0.1) is 10.1 Å². The lowest BCUT2D eigenvalue weighted by molar-refractivity contribution is -0.384. The highest BCUT2D eigenvalue weighted by Gasteiger charge is 2.19. The largest absolute Gasteiger partial charge is 0.497 e. The summed E-state index contributed by atoms with van der Waals surface area (Å²) in [5.41, 5.74) is 0.100. The summed E-state index contributed by atoms with van der Waals surface area (Å²) in [5, 5.41) is 11.0. The van der Waals surface area contributed by atoms with Gasteiger partial charge in [0.2, 0.25) is 0 Å². The van der Waals surface area contributed by atoms with E-state index < -0.39 is 22.5 Å². The Morgan fingerprint density at radius 1 is 1.00 bits per heavy atom. The predicted molar refractivity (Wildman–Crippen MR) is 86.5 cm³/mol. The van der Waals surface area contributed by atoms with E-state index in [1.54, 1.807) is 24.3 Å². The van der Waals surface area contributed by atoms with Crippen LogP contribution < -0.4 is 4.74 Å². The Kier molecular flexibility index (Phi) is 5.67. The Bertz CT molecular complexity index is 799. The molecule has 0 aliphatic rings. The third-order valence-electron chi connectivity index (χ3n) is 3.31. The number of hydrogen-bond donors (Lipinski definition) is 0. The molecule has 0 aromatic heterocycles. The first-order valence-electron chi connectivity index (χ1n) is 7.12. The smallest absolute Gasteiger partial charge is 0.338 e. The highest BCUT2D eigenvalue weighted by molar-refractivity contribution is 5.96. The first-order chi connectivity index (χ1) is 11.9. The van der Waals surface area contributed by atoms with E-state index >= 15 is 0 Å². The highest BCUT2D eigenvalue weighted by atomic mass is 16.6. The molecule has 0 unspecified atom stereocenters. The van der Waals surface area contributed by atoms with Crippen molar-refractivity contribution in [1.82, 2.24) is 0 Å². The van der Waals surface area contributed by atoms with Gasteiger partial charge in [0.15, 0.2) is 0 Å². The minimum absolute atomic E-state index is 0.0287. The maximum absolute atomic E-state index is 12.2. The molecule has 2 rings (SSSR count). The Labute approximate surface area is 143 Å². The molecule has 0 saturated heterocycles. The normalized spacial score (nSPS) is 10.0. The van der Waals surface area contributed by atoms with Gasteiger partial charge in [0, 0.05) is 12.1 Å². The molecule has 0 radical (unpaired) electrons. The number of non-ortho nitro benzene ring substituents is 1. The van der Waals surface area contributed by atoms with Crippen molar-refractivity contribution in [1.29, 1.82) is 0 Å². The third kappa shape index (κ3) is 4.54. The van der Waals surface area contributed by atoms with Crippen LogP contribution in [0.25, 0.3) is 0 Å². The molecule has 0 atom stereocenters. The van der Waals surface area contributed by atoms with Crippen molar-refractivity contribution in [2.75, 3.05) is 14.2 Å². The van der Waals surface area contributed by atoms with Crippen LogP contribution in [0.1, 0.15) is 26.3 Å². The SMILES string of the molecule is COC(=O)c1cc(C(=O)OCc2ccc(OC)cc2)cc([N+](=O)[O-])c1. The molecule has 2 aromatic rings. The average molecular weight is 345 g/mol. The lowest BCUT2D eigenvalue weighted by Gasteiger charge is -2.07. The van der Waals surface area contributed by atoms with E-state index in [4.69, 9.17) is 9.47 Å². The first-order valence-corrected chi connectivity index (χ1v) is 7.12. The second kappa shape index (κ2) is 7.91. The summed E-state index contributed by atoms with van der Waals surface area (Å²) >= 11 is 0. The number of rotatable bonds is 6. The molecular formula is C17H15NO7. The second-order valence-corrected chi connectivity index (χ2v) is 4.94. The fourth-order valence-electron chi connectivity index (χ4n) is 2.02. The summed E-state index contributed by atoms with van der Waals surface area (Å²) in [7, 11) is 2.68. The molecule has 8 heteroatoms. The standard InChI is InChI=1S/C17H15NO7/c1-23-15-5-3-11(4-6-15)10-25-17(20)13-7-12(16(19)24-2)8-14(9-13)18(21)22/h3-9H,10H2,1-2H3. The molecule has 0 amide bonds. The average Bonchev–Trinajstić information content (AvgIpc) is 2.65. The summed E-state index contributed by atoms with van der Waals surface area (Å²) in [6, 6.07) is 10.1. The predicted octanol–water partition coefficient (Wildman–Crippen LogP) is 2.75. The number of hydrogen-bond acceptors (Lipinski definition) is 7. The number of methoxy groups -OCH3 is 2. The van der Waals surface area contributed by atoms with Gasteiger partial charge >= 0.3 is 11.9 Å². The number of nitrogens with zero attached hydrogens (tertiary/aromatic N) is 1. The number of carbonyl (C=O) groups excluding carboxylic acids is 2. The quantitative estimate of drug-likeness (QED) is 0.450. The monoisotopic (exact) mass is 345 g/mol. The van der Waals surface area contributed by atoms with Gasteiger partial charge in [-0.1, -0.05) is 12.1 Å². The Hall–Kier alpha value is -3.42. The molecular weight excluding hydrogens is 330 g/mol.